The van der Waals surface area contributed by atoms with Crippen LogP contribution in [0.15, 0.2) is 41.2 Å². The highest BCUT2D eigenvalue weighted by Crippen LogP contribution is 2.40. The van der Waals surface area contributed by atoms with E-state index in [4.69, 9.17) is 16.6 Å². The largest absolute Gasteiger partial charge is 0.345 e. The normalized spacial score (nSPS) is 18.7. The number of aryl methyl sites for hydroxylation is 1. The first-order chi connectivity index (χ1) is 13.6. The van der Waals surface area contributed by atoms with Gasteiger partial charge in [-0.15, -0.1) is 0 Å². The van der Waals surface area contributed by atoms with Crippen LogP contribution in [-0.2, 0) is 6.42 Å². The molecule has 0 aliphatic heterocycles. The number of H-pyrrole nitrogens is 1. The van der Waals surface area contributed by atoms with E-state index in [1.54, 1.807) is 0 Å². The number of amides is 1. The van der Waals surface area contributed by atoms with Crippen molar-refractivity contribution in [1.82, 2.24) is 15.3 Å². The number of nitrogens with one attached hydrogen (secondary N) is 2. The van der Waals surface area contributed by atoms with Gasteiger partial charge in [-0.1, -0.05) is 11.6 Å². The number of hydrogen-bond donors (Lipinski definition) is 2. The molecule has 2 N–H and O–H groups in total. The van der Waals surface area contributed by atoms with E-state index >= 15 is 0 Å². The lowest BCUT2D eigenvalue weighted by atomic mass is 9.91. The minimum atomic E-state index is -0.124. The Kier molecular flexibility index (Phi) is 4.20. The van der Waals surface area contributed by atoms with Gasteiger partial charge in [-0.3, -0.25) is 14.6 Å². The molecule has 3 aromatic rings. The summed E-state index contributed by atoms with van der Waals surface area (Å²) in [7, 11) is 0. The van der Waals surface area contributed by atoms with E-state index in [1.807, 2.05) is 30.3 Å². The van der Waals surface area contributed by atoms with E-state index in [-0.39, 0.29) is 17.5 Å². The lowest BCUT2D eigenvalue weighted by Crippen LogP contribution is -2.32. The van der Waals surface area contributed by atoms with Gasteiger partial charge in [-0.2, -0.15) is 0 Å². The summed E-state index contributed by atoms with van der Waals surface area (Å²) in [5.41, 5.74) is 4.21. The molecule has 142 valence electrons. The smallest absolute Gasteiger partial charge is 0.252 e. The Balaban J connectivity index is 1.53. The maximum Gasteiger partial charge on any atom is 0.252 e. The lowest BCUT2D eigenvalue weighted by molar-refractivity contribution is 0.0934. The molecule has 1 unspecified atom stereocenters. The van der Waals surface area contributed by atoms with Crippen molar-refractivity contribution in [2.24, 2.45) is 0 Å². The van der Waals surface area contributed by atoms with Gasteiger partial charge >= 0.3 is 0 Å². The first-order valence-electron chi connectivity index (χ1n) is 9.71. The Morgan fingerprint density at radius 2 is 2.00 bits per heavy atom. The molecule has 0 spiro atoms. The van der Waals surface area contributed by atoms with Gasteiger partial charge < -0.3 is 10.3 Å². The topological polar surface area (TPSA) is 74.8 Å². The average molecular weight is 394 g/mol. The minimum absolute atomic E-state index is 0.102. The molecule has 1 saturated carbocycles. The minimum Gasteiger partial charge on any atom is -0.345 e. The fourth-order valence-electron chi connectivity index (χ4n) is 4.08. The molecular weight excluding hydrogens is 374 g/mol. The Morgan fingerprint density at radius 3 is 2.82 bits per heavy atom. The van der Waals surface area contributed by atoms with Gasteiger partial charge in [0.05, 0.1) is 17.1 Å². The van der Waals surface area contributed by atoms with E-state index in [0.29, 0.717) is 16.5 Å². The van der Waals surface area contributed by atoms with Crippen molar-refractivity contribution < 1.29 is 4.79 Å². The molecular formula is C22H20ClN3O2. The summed E-state index contributed by atoms with van der Waals surface area (Å²) in [6, 6.07) is 10.7. The van der Waals surface area contributed by atoms with Gasteiger partial charge in [0.1, 0.15) is 0 Å². The number of aromatic amines is 1. The quantitative estimate of drug-likeness (QED) is 0.698. The predicted octanol–water partition coefficient (Wildman–Crippen LogP) is 4.26. The van der Waals surface area contributed by atoms with Gasteiger partial charge in [0, 0.05) is 33.8 Å². The molecule has 5 rings (SSSR count). The van der Waals surface area contributed by atoms with Crippen LogP contribution in [0.4, 0.5) is 0 Å². The van der Waals surface area contributed by atoms with Crippen molar-refractivity contribution in [3.05, 3.63) is 74.3 Å². The summed E-state index contributed by atoms with van der Waals surface area (Å²) >= 11 is 6.19. The summed E-state index contributed by atoms with van der Waals surface area (Å²) < 4.78 is 0. The molecule has 2 aliphatic carbocycles. The summed E-state index contributed by atoms with van der Waals surface area (Å²) in [4.78, 5) is 32.5. The maximum atomic E-state index is 13.3. The number of aromatic nitrogens is 2. The zero-order chi connectivity index (χ0) is 19.3. The number of carbonyl (C=O) groups excluding carboxylic acids is 1. The number of hydrogen-bond acceptors (Lipinski definition) is 3. The second-order valence-corrected chi connectivity index (χ2v) is 8.14. The Bertz CT molecular complexity index is 1150. The standard InChI is InChI=1S/C22H20ClN3O2/c23-13-6-8-19-15(10-13)16(11-20(24-19)12-4-5-12)22(28)26-18-3-1-2-17-14(18)7-9-21(27)25-17/h6-12,18H,1-5H2,(H,25,27)(H,26,28). The fraction of sp³-hybridized carbons (Fsp3) is 0.318. The Labute approximate surface area is 167 Å². The zero-order valence-electron chi connectivity index (χ0n) is 15.3. The average Bonchev–Trinajstić information content (AvgIpc) is 3.52. The van der Waals surface area contributed by atoms with Crippen LogP contribution in [0.1, 0.15) is 65.0 Å². The van der Waals surface area contributed by atoms with Crippen molar-refractivity contribution >= 4 is 28.4 Å². The first-order valence-corrected chi connectivity index (χ1v) is 10.1. The van der Waals surface area contributed by atoms with E-state index in [9.17, 15) is 9.59 Å². The van der Waals surface area contributed by atoms with Crippen molar-refractivity contribution in [2.45, 2.75) is 44.1 Å². The monoisotopic (exact) mass is 393 g/mol. The van der Waals surface area contributed by atoms with Gasteiger partial charge in [0.15, 0.2) is 0 Å². The predicted molar refractivity (Wildman–Crippen MR) is 109 cm³/mol. The van der Waals surface area contributed by atoms with Gasteiger partial charge in [-0.25, -0.2) is 0 Å². The summed E-state index contributed by atoms with van der Waals surface area (Å²) in [6.07, 6.45) is 4.85. The molecule has 2 aliphatic rings. The number of carbonyl (C=O) groups is 1. The number of benzene rings is 1. The van der Waals surface area contributed by atoms with Crippen molar-refractivity contribution in [2.75, 3.05) is 0 Å². The first kappa shape index (κ1) is 17.4. The molecule has 2 heterocycles. The molecule has 2 aromatic heterocycles. The lowest BCUT2D eigenvalue weighted by Gasteiger charge is -2.26. The molecule has 1 atom stereocenters. The van der Waals surface area contributed by atoms with E-state index < -0.39 is 0 Å². The van der Waals surface area contributed by atoms with Crippen LogP contribution in [0.5, 0.6) is 0 Å². The van der Waals surface area contributed by atoms with Crippen molar-refractivity contribution in [1.29, 1.82) is 0 Å². The van der Waals surface area contributed by atoms with Crippen LogP contribution in [0.2, 0.25) is 5.02 Å². The van der Waals surface area contributed by atoms with Gasteiger partial charge in [-0.05, 0) is 68.0 Å². The Morgan fingerprint density at radius 1 is 1.14 bits per heavy atom. The second kappa shape index (κ2) is 6.74. The second-order valence-electron chi connectivity index (χ2n) is 7.71. The Hall–Kier alpha value is -2.66. The molecule has 0 bridgehead atoms. The summed E-state index contributed by atoms with van der Waals surface area (Å²) in [6.45, 7) is 0. The van der Waals surface area contributed by atoms with Crippen LogP contribution in [0.25, 0.3) is 10.9 Å². The van der Waals surface area contributed by atoms with E-state index in [0.717, 1.165) is 60.0 Å². The number of halogens is 1. The fourth-order valence-corrected chi connectivity index (χ4v) is 4.25. The third-order valence-electron chi connectivity index (χ3n) is 5.67. The van der Waals surface area contributed by atoms with E-state index in [2.05, 4.69) is 10.3 Å². The molecule has 1 amide bonds. The van der Waals surface area contributed by atoms with Crippen LogP contribution >= 0.6 is 11.6 Å². The van der Waals surface area contributed by atoms with Gasteiger partial charge in [0.2, 0.25) is 5.56 Å². The van der Waals surface area contributed by atoms with Crippen LogP contribution in [0, 0.1) is 0 Å². The van der Waals surface area contributed by atoms with Crippen LogP contribution in [-0.4, -0.2) is 15.9 Å². The molecule has 0 radical (unpaired) electrons. The maximum absolute atomic E-state index is 13.3. The number of pyridine rings is 2. The highest BCUT2D eigenvalue weighted by molar-refractivity contribution is 6.31. The molecule has 0 saturated heterocycles. The number of rotatable bonds is 3. The highest BCUT2D eigenvalue weighted by atomic mass is 35.5. The molecule has 1 fully saturated rings. The highest BCUT2D eigenvalue weighted by Gasteiger charge is 2.28. The van der Waals surface area contributed by atoms with Crippen LogP contribution in [0.3, 0.4) is 0 Å². The number of fused-ring (bicyclic) bond motifs is 2. The molecule has 1 aromatic carbocycles. The SMILES string of the molecule is O=C(NC1CCCc2[nH]c(=O)ccc21)c1cc(C2CC2)nc2ccc(Cl)cc12. The van der Waals surface area contributed by atoms with Crippen molar-refractivity contribution in [3.63, 3.8) is 0 Å². The summed E-state index contributed by atoms with van der Waals surface area (Å²) in [5, 5.41) is 4.53. The number of nitrogens with zero attached hydrogens (tertiary/aromatic N) is 1. The van der Waals surface area contributed by atoms with Crippen LogP contribution < -0.4 is 10.9 Å². The summed E-state index contributed by atoms with van der Waals surface area (Å²) in [5.74, 6) is 0.327. The molecule has 5 nitrogen and oxygen atoms in total. The van der Waals surface area contributed by atoms with Gasteiger partial charge in [0.25, 0.3) is 5.91 Å². The third kappa shape index (κ3) is 3.20. The molecule has 28 heavy (non-hydrogen) atoms. The molecule has 6 heteroatoms. The van der Waals surface area contributed by atoms with E-state index in [1.165, 1.54) is 6.07 Å². The third-order valence-corrected chi connectivity index (χ3v) is 5.90. The van der Waals surface area contributed by atoms with Crippen molar-refractivity contribution in [3.8, 4) is 0 Å². The zero-order valence-corrected chi connectivity index (χ0v) is 16.1.